The van der Waals surface area contributed by atoms with Crippen LogP contribution < -0.4 is 11.1 Å². The van der Waals surface area contributed by atoms with E-state index in [2.05, 4.69) is 9.88 Å². The first kappa shape index (κ1) is 21.2. The van der Waals surface area contributed by atoms with Crippen LogP contribution in [0.5, 0.6) is 0 Å². The summed E-state index contributed by atoms with van der Waals surface area (Å²) in [6.07, 6.45) is 1.99. The normalized spacial score (nSPS) is 10.6. The molecule has 3 aromatic carbocycles. The number of amides is 1. The van der Waals surface area contributed by atoms with Crippen molar-refractivity contribution >= 4 is 68.5 Å². The van der Waals surface area contributed by atoms with Crippen LogP contribution in [-0.2, 0) is 6.54 Å². The van der Waals surface area contributed by atoms with Crippen molar-refractivity contribution in [1.29, 1.82) is 5.41 Å². The van der Waals surface area contributed by atoms with Crippen LogP contribution in [0, 0.1) is 5.41 Å². The first-order valence-electron chi connectivity index (χ1n) is 8.98. The number of benzene rings is 3. The molecule has 0 aliphatic heterocycles. The van der Waals surface area contributed by atoms with Gasteiger partial charge in [0.25, 0.3) is 5.91 Å². The van der Waals surface area contributed by atoms with Gasteiger partial charge in [-0.1, -0.05) is 60.3 Å². The van der Waals surface area contributed by atoms with Crippen molar-refractivity contribution in [2.24, 2.45) is 5.73 Å². The molecule has 4 rings (SSSR count). The van der Waals surface area contributed by atoms with Gasteiger partial charge in [0.05, 0.1) is 0 Å². The van der Waals surface area contributed by atoms with Gasteiger partial charge in [-0.3, -0.25) is 10.2 Å². The molecule has 5 nitrogen and oxygen atoms in total. The molecule has 29 heavy (non-hydrogen) atoms. The van der Waals surface area contributed by atoms with Gasteiger partial charge < -0.3 is 15.6 Å². The third kappa shape index (κ3) is 4.73. The molecule has 4 N–H and O–H groups in total. The molecule has 1 aromatic heterocycles. The van der Waals surface area contributed by atoms with Crippen molar-refractivity contribution in [3.05, 3.63) is 78.5 Å². The molecule has 148 valence electrons. The summed E-state index contributed by atoms with van der Waals surface area (Å²) in [6, 6.07) is 21.7. The van der Waals surface area contributed by atoms with Gasteiger partial charge in [-0.15, -0.1) is 24.0 Å². The molecule has 0 unspecified atom stereocenters. The van der Waals surface area contributed by atoms with Crippen molar-refractivity contribution in [1.82, 2.24) is 9.88 Å². The Morgan fingerprint density at radius 3 is 2.55 bits per heavy atom. The molecular formula is C22H21IN4OS. The van der Waals surface area contributed by atoms with E-state index in [-0.39, 0.29) is 35.1 Å². The third-order valence-electron chi connectivity index (χ3n) is 4.62. The summed E-state index contributed by atoms with van der Waals surface area (Å²) < 4.78 is 2.08. The van der Waals surface area contributed by atoms with E-state index < -0.39 is 0 Å². The SMILES string of the molecule is I.N=C(N)Sc1cn(CCNC(=O)c2ccc3ccccc3c2)c2ccccc12. The van der Waals surface area contributed by atoms with Gasteiger partial charge in [0.1, 0.15) is 0 Å². The fraction of sp³-hybridized carbons (Fsp3) is 0.0909. The van der Waals surface area contributed by atoms with Crippen LogP contribution in [-0.4, -0.2) is 22.2 Å². The average molecular weight is 516 g/mol. The van der Waals surface area contributed by atoms with E-state index in [9.17, 15) is 4.79 Å². The molecule has 7 heteroatoms. The second kappa shape index (κ2) is 9.32. The predicted molar refractivity (Wildman–Crippen MR) is 131 cm³/mol. The van der Waals surface area contributed by atoms with Crippen molar-refractivity contribution in [3.63, 3.8) is 0 Å². The zero-order chi connectivity index (χ0) is 19.5. The van der Waals surface area contributed by atoms with Crippen LogP contribution in [0.4, 0.5) is 0 Å². The average Bonchev–Trinajstić information content (AvgIpc) is 3.04. The molecule has 0 saturated heterocycles. The van der Waals surface area contributed by atoms with E-state index in [0.29, 0.717) is 18.7 Å². The number of rotatable bonds is 5. The summed E-state index contributed by atoms with van der Waals surface area (Å²) in [7, 11) is 0. The number of aromatic nitrogens is 1. The van der Waals surface area contributed by atoms with Gasteiger partial charge in [0, 0.05) is 40.6 Å². The molecule has 0 atom stereocenters. The molecule has 1 amide bonds. The Kier molecular flexibility index (Phi) is 6.81. The van der Waals surface area contributed by atoms with Crippen molar-refractivity contribution in [3.8, 4) is 0 Å². The highest BCUT2D eigenvalue weighted by atomic mass is 127. The van der Waals surface area contributed by atoms with Crippen molar-refractivity contribution < 1.29 is 4.79 Å². The Balaban J connectivity index is 0.00000240. The summed E-state index contributed by atoms with van der Waals surface area (Å²) in [5, 5.41) is 13.8. The summed E-state index contributed by atoms with van der Waals surface area (Å²) in [6.45, 7) is 1.15. The van der Waals surface area contributed by atoms with E-state index in [4.69, 9.17) is 11.1 Å². The lowest BCUT2D eigenvalue weighted by Gasteiger charge is -2.08. The van der Waals surface area contributed by atoms with E-state index in [0.717, 1.165) is 26.6 Å². The lowest BCUT2D eigenvalue weighted by Crippen LogP contribution is -2.27. The van der Waals surface area contributed by atoms with Crippen LogP contribution in [0.15, 0.2) is 77.8 Å². The lowest BCUT2D eigenvalue weighted by molar-refractivity contribution is 0.0952. The molecular weight excluding hydrogens is 495 g/mol. The molecule has 0 spiro atoms. The van der Waals surface area contributed by atoms with E-state index >= 15 is 0 Å². The number of nitrogens with zero attached hydrogens (tertiary/aromatic N) is 1. The summed E-state index contributed by atoms with van der Waals surface area (Å²) in [5.41, 5.74) is 7.27. The molecule has 0 aliphatic rings. The van der Waals surface area contributed by atoms with Gasteiger partial charge in [-0.2, -0.15) is 0 Å². The summed E-state index contributed by atoms with van der Waals surface area (Å²) >= 11 is 1.24. The summed E-state index contributed by atoms with van der Waals surface area (Å²) in [5.74, 6) is -0.0828. The van der Waals surface area contributed by atoms with Crippen molar-refractivity contribution in [2.45, 2.75) is 11.4 Å². The van der Waals surface area contributed by atoms with Crippen LogP contribution in [0.1, 0.15) is 10.4 Å². The Hall–Kier alpha value is -2.52. The van der Waals surface area contributed by atoms with E-state index in [1.165, 1.54) is 11.8 Å². The number of para-hydroxylation sites is 1. The Morgan fingerprint density at radius 1 is 1.03 bits per heavy atom. The number of nitrogens with one attached hydrogen (secondary N) is 2. The number of hydrogen-bond donors (Lipinski definition) is 3. The van der Waals surface area contributed by atoms with Gasteiger partial charge >= 0.3 is 0 Å². The fourth-order valence-electron chi connectivity index (χ4n) is 3.32. The number of carbonyl (C=O) groups excluding carboxylic acids is 1. The van der Waals surface area contributed by atoms with Crippen LogP contribution >= 0.6 is 35.7 Å². The first-order chi connectivity index (χ1) is 13.6. The lowest BCUT2D eigenvalue weighted by atomic mass is 10.1. The third-order valence-corrected chi connectivity index (χ3v) is 5.39. The van der Waals surface area contributed by atoms with Crippen LogP contribution in [0.25, 0.3) is 21.7 Å². The smallest absolute Gasteiger partial charge is 0.251 e. The zero-order valence-electron chi connectivity index (χ0n) is 15.6. The van der Waals surface area contributed by atoms with Crippen LogP contribution in [0.3, 0.4) is 0 Å². The highest BCUT2D eigenvalue weighted by Crippen LogP contribution is 2.29. The quantitative estimate of drug-likeness (QED) is 0.154. The predicted octanol–water partition coefficient (Wildman–Crippen LogP) is 4.83. The van der Waals surface area contributed by atoms with Gasteiger partial charge in [-0.25, -0.2) is 0 Å². The largest absolute Gasteiger partial charge is 0.378 e. The molecule has 0 aliphatic carbocycles. The highest BCUT2D eigenvalue weighted by molar-refractivity contribution is 14.0. The molecule has 0 bridgehead atoms. The summed E-state index contributed by atoms with van der Waals surface area (Å²) in [4.78, 5) is 13.5. The molecule has 4 aromatic rings. The van der Waals surface area contributed by atoms with Crippen molar-refractivity contribution in [2.75, 3.05) is 6.54 Å². The maximum Gasteiger partial charge on any atom is 0.251 e. The highest BCUT2D eigenvalue weighted by Gasteiger charge is 2.11. The minimum Gasteiger partial charge on any atom is -0.378 e. The number of fused-ring (bicyclic) bond motifs is 2. The fourth-order valence-corrected chi connectivity index (χ4v) is 4.02. The zero-order valence-corrected chi connectivity index (χ0v) is 18.7. The number of carbonyl (C=O) groups is 1. The number of thioether (sulfide) groups is 1. The molecule has 1 heterocycles. The minimum absolute atomic E-state index is 0. The second-order valence-electron chi connectivity index (χ2n) is 6.49. The topological polar surface area (TPSA) is 83.9 Å². The first-order valence-corrected chi connectivity index (χ1v) is 9.80. The van der Waals surface area contributed by atoms with E-state index in [1.807, 2.05) is 72.9 Å². The van der Waals surface area contributed by atoms with Crippen LogP contribution in [0.2, 0.25) is 0 Å². The number of amidine groups is 1. The Labute approximate surface area is 190 Å². The minimum atomic E-state index is -0.0828. The number of halogens is 1. The Morgan fingerprint density at radius 2 is 1.76 bits per heavy atom. The monoisotopic (exact) mass is 516 g/mol. The van der Waals surface area contributed by atoms with Gasteiger partial charge in [-0.05, 0) is 29.0 Å². The number of hydrogen-bond acceptors (Lipinski definition) is 3. The maximum absolute atomic E-state index is 12.5. The molecule has 0 fully saturated rings. The maximum atomic E-state index is 12.5. The molecule has 0 radical (unpaired) electrons. The van der Waals surface area contributed by atoms with Gasteiger partial charge in [0.2, 0.25) is 0 Å². The van der Waals surface area contributed by atoms with E-state index in [1.54, 1.807) is 0 Å². The Bertz CT molecular complexity index is 1190. The second-order valence-corrected chi connectivity index (χ2v) is 7.57. The van der Waals surface area contributed by atoms with Gasteiger partial charge in [0.15, 0.2) is 5.17 Å². The molecule has 0 saturated carbocycles. The number of nitrogens with two attached hydrogens (primary N) is 1. The standard InChI is InChI=1S/C22H20N4OS.HI/c23-22(24)28-20-14-26(19-8-4-3-7-18(19)20)12-11-25-21(27)17-10-9-15-5-1-2-6-16(15)13-17;/h1-10,13-14H,11-12H2,(H3,23,24)(H,25,27);1H.